The highest BCUT2D eigenvalue weighted by Crippen LogP contribution is 2.32. The summed E-state index contributed by atoms with van der Waals surface area (Å²) in [5.74, 6) is -0.421. The molecule has 2 rings (SSSR count). The van der Waals surface area contributed by atoms with Crippen LogP contribution in [0.2, 0.25) is 0 Å². The second-order valence-electron chi connectivity index (χ2n) is 5.55. The number of carbonyl (C=O) groups is 1. The van der Waals surface area contributed by atoms with Crippen LogP contribution in [-0.2, 0) is 9.47 Å². The van der Waals surface area contributed by atoms with E-state index < -0.39 is 5.97 Å². The highest BCUT2D eigenvalue weighted by molar-refractivity contribution is 5.97. The van der Waals surface area contributed by atoms with Crippen LogP contribution in [0, 0.1) is 6.92 Å². The van der Waals surface area contributed by atoms with Gasteiger partial charge >= 0.3 is 5.97 Å². The number of methoxy groups -OCH3 is 1. The monoisotopic (exact) mass is 278 g/mol. The zero-order valence-corrected chi connectivity index (χ0v) is 12.4. The van der Waals surface area contributed by atoms with Crippen molar-refractivity contribution in [2.45, 2.75) is 38.8 Å². The number of aryl methyl sites for hydroxylation is 1. The molecule has 0 bridgehead atoms. The van der Waals surface area contributed by atoms with Crippen LogP contribution in [-0.4, -0.2) is 31.3 Å². The minimum absolute atomic E-state index is 0.113. The normalized spacial score (nSPS) is 25.5. The Bertz CT molecular complexity index is 530. The number of nitrogen functional groups attached to an aromatic ring is 1. The van der Waals surface area contributed by atoms with Crippen molar-refractivity contribution in [3.8, 4) is 0 Å². The first-order valence-corrected chi connectivity index (χ1v) is 6.75. The van der Waals surface area contributed by atoms with Gasteiger partial charge in [0.1, 0.15) is 0 Å². The van der Waals surface area contributed by atoms with Gasteiger partial charge in [0.15, 0.2) is 0 Å². The lowest BCUT2D eigenvalue weighted by molar-refractivity contribution is 0.0602. The molecule has 0 saturated carbocycles. The van der Waals surface area contributed by atoms with E-state index in [2.05, 4.69) is 12.2 Å². The molecule has 1 aromatic carbocycles. The second kappa shape index (κ2) is 5.32. The van der Waals surface area contributed by atoms with Crippen LogP contribution >= 0.6 is 0 Å². The quantitative estimate of drug-likeness (QED) is 0.656. The van der Waals surface area contributed by atoms with Crippen molar-refractivity contribution in [2.75, 3.05) is 24.8 Å². The lowest BCUT2D eigenvalue weighted by Crippen LogP contribution is -2.41. The van der Waals surface area contributed by atoms with Gasteiger partial charge in [0.2, 0.25) is 0 Å². The third kappa shape index (κ3) is 2.58. The molecule has 1 fully saturated rings. The largest absolute Gasteiger partial charge is 0.465 e. The first-order chi connectivity index (χ1) is 9.37. The summed E-state index contributed by atoms with van der Waals surface area (Å²) in [4.78, 5) is 11.8. The summed E-state index contributed by atoms with van der Waals surface area (Å²) in [7, 11) is 1.35. The first kappa shape index (κ1) is 14.7. The van der Waals surface area contributed by atoms with E-state index in [1.165, 1.54) is 7.11 Å². The molecule has 1 saturated heterocycles. The maximum absolute atomic E-state index is 11.8. The van der Waals surface area contributed by atoms with Gasteiger partial charge in [0.05, 0.1) is 24.3 Å². The minimum atomic E-state index is -0.421. The molecule has 110 valence electrons. The van der Waals surface area contributed by atoms with Crippen LogP contribution in [0.4, 0.5) is 11.4 Å². The topological polar surface area (TPSA) is 73.6 Å². The van der Waals surface area contributed by atoms with Gasteiger partial charge in [-0.1, -0.05) is 0 Å². The van der Waals surface area contributed by atoms with Gasteiger partial charge in [-0.2, -0.15) is 0 Å². The van der Waals surface area contributed by atoms with Crippen molar-refractivity contribution >= 4 is 17.3 Å². The standard InChI is InChI=1S/C15H22N2O3/c1-9-7-11(8-12(13(9)16)14(18)19-4)17-15(3)5-6-20-10(15)2/h7-8,10,17H,5-6,16H2,1-4H3. The zero-order chi connectivity index (χ0) is 14.9. The second-order valence-corrected chi connectivity index (χ2v) is 5.55. The molecule has 5 heteroatoms. The van der Waals surface area contributed by atoms with E-state index in [1.807, 2.05) is 19.9 Å². The molecule has 0 radical (unpaired) electrons. The number of carbonyl (C=O) groups excluding carboxylic acids is 1. The van der Waals surface area contributed by atoms with E-state index in [-0.39, 0.29) is 11.6 Å². The average Bonchev–Trinajstić information content (AvgIpc) is 2.72. The Morgan fingerprint density at radius 3 is 2.80 bits per heavy atom. The number of anilines is 2. The Hall–Kier alpha value is -1.75. The first-order valence-electron chi connectivity index (χ1n) is 6.75. The SMILES string of the molecule is COC(=O)c1cc(NC2(C)CCOC2C)cc(C)c1N. The molecule has 20 heavy (non-hydrogen) atoms. The van der Waals surface area contributed by atoms with E-state index in [0.29, 0.717) is 11.3 Å². The maximum atomic E-state index is 11.8. The number of benzene rings is 1. The number of hydrogen-bond donors (Lipinski definition) is 2. The van der Waals surface area contributed by atoms with Crippen LogP contribution < -0.4 is 11.1 Å². The Kier molecular flexibility index (Phi) is 3.90. The molecule has 3 N–H and O–H groups in total. The summed E-state index contributed by atoms with van der Waals surface area (Å²) in [5, 5.41) is 3.47. The van der Waals surface area contributed by atoms with Gasteiger partial charge in [-0.25, -0.2) is 4.79 Å². The van der Waals surface area contributed by atoms with Gasteiger partial charge in [0, 0.05) is 18.0 Å². The molecule has 1 heterocycles. The summed E-state index contributed by atoms with van der Waals surface area (Å²) in [6.07, 6.45) is 1.03. The number of rotatable bonds is 3. The summed E-state index contributed by atoms with van der Waals surface area (Å²) in [6, 6.07) is 3.68. The zero-order valence-electron chi connectivity index (χ0n) is 12.4. The highest BCUT2D eigenvalue weighted by Gasteiger charge is 2.37. The fraction of sp³-hybridized carbons (Fsp3) is 0.533. The van der Waals surface area contributed by atoms with E-state index in [9.17, 15) is 4.79 Å². The third-order valence-electron chi connectivity index (χ3n) is 4.11. The van der Waals surface area contributed by atoms with E-state index >= 15 is 0 Å². The lowest BCUT2D eigenvalue weighted by atomic mass is 9.93. The van der Waals surface area contributed by atoms with E-state index in [0.717, 1.165) is 24.3 Å². The van der Waals surface area contributed by atoms with Crippen molar-refractivity contribution < 1.29 is 14.3 Å². The lowest BCUT2D eigenvalue weighted by Gasteiger charge is -2.30. The summed E-state index contributed by atoms with van der Waals surface area (Å²) >= 11 is 0. The Balaban J connectivity index is 2.33. The predicted molar refractivity (Wildman–Crippen MR) is 79.0 cm³/mol. The molecule has 5 nitrogen and oxygen atoms in total. The van der Waals surface area contributed by atoms with Crippen LogP contribution in [0.1, 0.15) is 36.2 Å². The Labute approximate surface area is 119 Å². The van der Waals surface area contributed by atoms with E-state index in [4.69, 9.17) is 15.2 Å². The Morgan fingerprint density at radius 2 is 2.25 bits per heavy atom. The molecular weight excluding hydrogens is 256 g/mol. The van der Waals surface area contributed by atoms with Crippen LogP contribution in [0.25, 0.3) is 0 Å². The number of ether oxygens (including phenoxy) is 2. The van der Waals surface area contributed by atoms with Gasteiger partial charge in [-0.05, 0) is 44.9 Å². The van der Waals surface area contributed by atoms with Crippen molar-refractivity contribution in [3.63, 3.8) is 0 Å². The van der Waals surface area contributed by atoms with Crippen molar-refractivity contribution in [3.05, 3.63) is 23.3 Å². The molecule has 0 aromatic heterocycles. The fourth-order valence-corrected chi connectivity index (χ4v) is 2.48. The molecule has 1 aliphatic rings. The van der Waals surface area contributed by atoms with Gasteiger partial charge in [-0.3, -0.25) is 0 Å². The van der Waals surface area contributed by atoms with Crippen molar-refractivity contribution in [2.24, 2.45) is 0 Å². The molecule has 0 amide bonds. The van der Waals surface area contributed by atoms with E-state index in [1.54, 1.807) is 6.07 Å². The van der Waals surface area contributed by atoms with Gasteiger partial charge in [0.25, 0.3) is 0 Å². The average molecular weight is 278 g/mol. The molecule has 0 aliphatic carbocycles. The molecule has 1 aromatic rings. The van der Waals surface area contributed by atoms with Gasteiger partial charge in [-0.15, -0.1) is 0 Å². The highest BCUT2D eigenvalue weighted by atomic mass is 16.5. The van der Waals surface area contributed by atoms with Crippen LogP contribution in [0.15, 0.2) is 12.1 Å². The third-order valence-corrected chi connectivity index (χ3v) is 4.11. The number of esters is 1. The molecule has 2 unspecified atom stereocenters. The maximum Gasteiger partial charge on any atom is 0.340 e. The fourth-order valence-electron chi connectivity index (χ4n) is 2.48. The minimum Gasteiger partial charge on any atom is -0.465 e. The van der Waals surface area contributed by atoms with Crippen molar-refractivity contribution in [1.82, 2.24) is 0 Å². The molecular formula is C15H22N2O3. The number of nitrogens with two attached hydrogens (primary N) is 1. The summed E-state index contributed by atoms with van der Waals surface area (Å²) in [5.41, 5.74) is 8.37. The van der Waals surface area contributed by atoms with Crippen LogP contribution in [0.3, 0.4) is 0 Å². The number of nitrogens with one attached hydrogen (secondary N) is 1. The summed E-state index contributed by atoms with van der Waals surface area (Å²) in [6.45, 7) is 6.78. The molecule has 0 spiro atoms. The smallest absolute Gasteiger partial charge is 0.340 e. The molecule has 1 aliphatic heterocycles. The summed E-state index contributed by atoms with van der Waals surface area (Å²) < 4.78 is 10.4. The predicted octanol–water partition coefficient (Wildman–Crippen LogP) is 2.34. The number of hydrogen-bond acceptors (Lipinski definition) is 5. The van der Waals surface area contributed by atoms with Gasteiger partial charge < -0.3 is 20.5 Å². The van der Waals surface area contributed by atoms with Crippen molar-refractivity contribution in [1.29, 1.82) is 0 Å². The van der Waals surface area contributed by atoms with Crippen LogP contribution in [0.5, 0.6) is 0 Å². The molecule has 2 atom stereocenters. The Morgan fingerprint density at radius 1 is 1.55 bits per heavy atom.